The number of anilines is 1. The minimum absolute atomic E-state index is 0.254. The summed E-state index contributed by atoms with van der Waals surface area (Å²) in [5.41, 5.74) is 5.44. The fraction of sp³-hybridized carbons (Fsp3) is 0. The van der Waals surface area contributed by atoms with Crippen LogP contribution in [0.25, 0.3) is 0 Å². The van der Waals surface area contributed by atoms with Crippen molar-refractivity contribution in [2.75, 3.05) is 5.17 Å². The normalized spacial score (nSPS) is 15.4. The zero-order valence-electron chi connectivity index (χ0n) is 6.11. The lowest BCUT2D eigenvalue weighted by molar-refractivity contribution is 0.0858. The lowest BCUT2D eigenvalue weighted by atomic mass is 10.1. The Morgan fingerprint density at radius 1 is 1.33 bits per heavy atom. The Morgan fingerprint density at radius 3 is 2.83 bits per heavy atom. The third-order valence-corrected chi connectivity index (χ3v) is 1.65. The highest BCUT2D eigenvalue weighted by atomic mass is 16.5. The van der Waals surface area contributed by atoms with Gasteiger partial charge >= 0.3 is 0 Å². The van der Waals surface area contributed by atoms with E-state index in [0.29, 0.717) is 11.3 Å². The van der Waals surface area contributed by atoms with E-state index < -0.39 is 0 Å². The molecule has 1 aromatic rings. The largest absolute Gasteiger partial charge is 0.272 e. The lowest BCUT2D eigenvalue weighted by Crippen LogP contribution is -2.52. The maximum atomic E-state index is 11.1. The maximum Gasteiger partial charge on any atom is 0.269 e. The van der Waals surface area contributed by atoms with Crippen molar-refractivity contribution in [3.8, 4) is 0 Å². The SMILES string of the molecule is O=C1NNN(O)c2ccccc21. The van der Waals surface area contributed by atoms with Gasteiger partial charge in [-0.3, -0.25) is 15.4 Å². The van der Waals surface area contributed by atoms with Gasteiger partial charge in [0.25, 0.3) is 5.91 Å². The quantitative estimate of drug-likeness (QED) is 0.508. The van der Waals surface area contributed by atoms with E-state index in [1.807, 2.05) is 0 Å². The van der Waals surface area contributed by atoms with Gasteiger partial charge in [-0.15, -0.1) is 5.53 Å². The summed E-state index contributed by atoms with van der Waals surface area (Å²) in [6.45, 7) is 0. The predicted molar refractivity (Wildman–Crippen MR) is 41.3 cm³/mol. The second-order valence-electron chi connectivity index (χ2n) is 2.39. The minimum Gasteiger partial charge on any atom is -0.272 e. The number of amides is 1. The first-order valence-corrected chi connectivity index (χ1v) is 3.43. The van der Waals surface area contributed by atoms with Crippen LogP contribution < -0.4 is 16.1 Å². The average Bonchev–Trinajstić information content (AvgIpc) is 2.12. The molecule has 0 atom stereocenters. The van der Waals surface area contributed by atoms with Crippen LogP contribution in [0.3, 0.4) is 0 Å². The zero-order chi connectivity index (χ0) is 8.55. The highest BCUT2D eigenvalue weighted by Crippen LogP contribution is 2.18. The Labute approximate surface area is 68.5 Å². The average molecular weight is 165 g/mol. The van der Waals surface area contributed by atoms with Crippen molar-refractivity contribution in [3.05, 3.63) is 29.8 Å². The molecule has 0 aliphatic carbocycles. The van der Waals surface area contributed by atoms with Crippen LogP contribution in [0.1, 0.15) is 10.4 Å². The van der Waals surface area contributed by atoms with Crippen molar-refractivity contribution in [2.24, 2.45) is 0 Å². The van der Waals surface area contributed by atoms with Crippen LogP contribution in [-0.4, -0.2) is 11.1 Å². The fourth-order valence-electron chi connectivity index (χ4n) is 1.08. The first-order chi connectivity index (χ1) is 5.79. The third-order valence-electron chi connectivity index (χ3n) is 1.65. The van der Waals surface area contributed by atoms with E-state index in [1.165, 1.54) is 0 Å². The van der Waals surface area contributed by atoms with Gasteiger partial charge < -0.3 is 0 Å². The standard InChI is InChI=1S/C7H7N3O2/c11-7-5-3-1-2-4-6(5)10(12)9-8-7/h1-4,9,12H,(H,8,11). The first-order valence-electron chi connectivity index (χ1n) is 3.43. The van der Waals surface area contributed by atoms with Crippen molar-refractivity contribution in [2.45, 2.75) is 0 Å². The summed E-state index contributed by atoms with van der Waals surface area (Å²) in [4.78, 5) is 11.1. The summed E-state index contributed by atoms with van der Waals surface area (Å²) in [7, 11) is 0. The number of rotatable bonds is 0. The van der Waals surface area contributed by atoms with E-state index in [-0.39, 0.29) is 5.91 Å². The van der Waals surface area contributed by atoms with Crippen molar-refractivity contribution >= 4 is 11.6 Å². The number of nitrogens with zero attached hydrogens (tertiary/aromatic N) is 1. The molecule has 62 valence electrons. The van der Waals surface area contributed by atoms with Gasteiger partial charge in [-0.1, -0.05) is 12.1 Å². The molecule has 0 spiro atoms. The second kappa shape index (κ2) is 2.47. The molecule has 1 amide bonds. The predicted octanol–water partition coefficient (Wildman–Crippen LogP) is 0.0452. The molecule has 0 saturated heterocycles. The molecule has 1 aromatic carbocycles. The number of hydrazine groups is 2. The van der Waals surface area contributed by atoms with E-state index in [4.69, 9.17) is 0 Å². The summed E-state index contributed by atoms with van der Waals surface area (Å²) in [5, 5.41) is 9.95. The number of hydrogen-bond donors (Lipinski definition) is 3. The first kappa shape index (κ1) is 7.08. The molecule has 1 aliphatic heterocycles. The Hall–Kier alpha value is -1.59. The van der Waals surface area contributed by atoms with Crippen LogP contribution in [0.4, 0.5) is 5.69 Å². The Bertz CT molecular complexity index is 326. The van der Waals surface area contributed by atoms with Gasteiger partial charge in [-0.25, -0.2) is 0 Å². The highest BCUT2D eigenvalue weighted by molar-refractivity contribution is 6.00. The van der Waals surface area contributed by atoms with Crippen LogP contribution >= 0.6 is 0 Å². The number of carbonyl (C=O) groups excluding carboxylic acids is 1. The summed E-state index contributed by atoms with van der Waals surface area (Å²) in [6, 6.07) is 6.75. The number of carbonyl (C=O) groups is 1. The third kappa shape index (κ3) is 0.919. The van der Waals surface area contributed by atoms with Crippen LogP contribution in [0, 0.1) is 0 Å². The smallest absolute Gasteiger partial charge is 0.269 e. The molecule has 5 heteroatoms. The monoisotopic (exact) mass is 165 g/mol. The van der Waals surface area contributed by atoms with Crippen molar-refractivity contribution in [1.82, 2.24) is 11.0 Å². The van der Waals surface area contributed by atoms with Gasteiger partial charge in [-0.05, 0) is 12.1 Å². The molecule has 0 aromatic heterocycles. The summed E-state index contributed by atoms with van der Waals surface area (Å²) in [6.07, 6.45) is 0. The van der Waals surface area contributed by atoms with Crippen molar-refractivity contribution < 1.29 is 10.0 Å². The molecule has 0 saturated carbocycles. The van der Waals surface area contributed by atoms with Crippen LogP contribution in [0.15, 0.2) is 24.3 Å². The number of para-hydroxylation sites is 1. The number of nitrogens with one attached hydrogen (secondary N) is 2. The van der Waals surface area contributed by atoms with E-state index in [1.54, 1.807) is 24.3 Å². The van der Waals surface area contributed by atoms with Crippen molar-refractivity contribution in [3.63, 3.8) is 0 Å². The fourth-order valence-corrected chi connectivity index (χ4v) is 1.08. The molecule has 5 nitrogen and oxygen atoms in total. The number of fused-ring (bicyclic) bond motifs is 1. The van der Waals surface area contributed by atoms with Gasteiger partial charge in [0, 0.05) is 0 Å². The van der Waals surface area contributed by atoms with E-state index >= 15 is 0 Å². The maximum absolute atomic E-state index is 11.1. The van der Waals surface area contributed by atoms with Crippen molar-refractivity contribution in [1.29, 1.82) is 0 Å². The van der Waals surface area contributed by atoms with E-state index in [0.717, 1.165) is 5.17 Å². The molecule has 0 unspecified atom stereocenters. The molecule has 12 heavy (non-hydrogen) atoms. The Balaban J connectivity index is 2.55. The Morgan fingerprint density at radius 2 is 2.08 bits per heavy atom. The van der Waals surface area contributed by atoms with Crippen LogP contribution in [-0.2, 0) is 0 Å². The van der Waals surface area contributed by atoms with Crippen LogP contribution in [0.5, 0.6) is 0 Å². The molecular formula is C7H7N3O2. The van der Waals surface area contributed by atoms with Gasteiger partial charge in [0.05, 0.1) is 11.3 Å². The molecule has 1 aliphatic rings. The Kier molecular flexibility index (Phi) is 1.46. The zero-order valence-corrected chi connectivity index (χ0v) is 6.11. The van der Waals surface area contributed by atoms with Gasteiger partial charge in [-0.2, -0.15) is 5.17 Å². The molecule has 0 bridgehead atoms. The molecular weight excluding hydrogens is 158 g/mol. The topological polar surface area (TPSA) is 64.6 Å². The van der Waals surface area contributed by atoms with E-state index in [9.17, 15) is 10.0 Å². The van der Waals surface area contributed by atoms with Gasteiger partial charge in [0.15, 0.2) is 0 Å². The van der Waals surface area contributed by atoms with E-state index in [2.05, 4.69) is 11.0 Å². The van der Waals surface area contributed by atoms with Gasteiger partial charge in [0.2, 0.25) is 0 Å². The molecule has 1 heterocycles. The molecule has 0 radical (unpaired) electrons. The van der Waals surface area contributed by atoms with Gasteiger partial charge in [0.1, 0.15) is 0 Å². The summed E-state index contributed by atoms with van der Waals surface area (Å²) in [5.74, 6) is -0.254. The molecule has 2 rings (SSSR count). The molecule has 0 fully saturated rings. The lowest BCUT2D eigenvalue weighted by Gasteiger charge is -2.25. The van der Waals surface area contributed by atoms with Crippen LogP contribution in [0.2, 0.25) is 0 Å². The summed E-state index contributed by atoms with van der Waals surface area (Å²) >= 11 is 0. The minimum atomic E-state index is -0.254. The number of hydrogen-bond acceptors (Lipinski definition) is 4. The molecule has 3 N–H and O–H groups in total. The second-order valence-corrected chi connectivity index (χ2v) is 2.39. The highest BCUT2D eigenvalue weighted by Gasteiger charge is 2.19. The number of benzene rings is 1. The summed E-state index contributed by atoms with van der Waals surface area (Å²) < 4.78 is 0.